The average molecular weight is 425 g/mol. The van der Waals surface area contributed by atoms with Crippen molar-refractivity contribution in [2.45, 2.75) is 34.1 Å². The van der Waals surface area contributed by atoms with E-state index < -0.39 is 0 Å². The largest absolute Gasteiger partial charge is 0.325 e. The summed E-state index contributed by atoms with van der Waals surface area (Å²) in [5, 5.41) is 12.1. The number of carbonyl (C=O) groups excluding carboxylic acids is 2. The van der Waals surface area contributed by atoms with Crippen molar-refractivity contribution < 1.29 is 9.59 Å². The summed E-state index contributed by atoms with van der Waals surface area (Å²) in [6.45, 7) is 10.7. The van der Waals surface area contributed by atoms with E-state index >= 15 is 0 Å². The summed E-state index contributed by atoms with van der Waals surface area (Å²) >= 11 is 0. The fourth-order valence-electron chi connectivity index (χ4n) is 3.01. The Labute approximate surface area is 186 Å². The zero-order chi connectivity index (χ0) is 22.6. The first-order valence-corrected chi connectivity index (χ1v) is 11.0. The third kappa shape index (κ3) is 10.2. The van der Waals surface area contributed by atoms with Crippen LogP contribution in [0.1, 0.15) is 38.8 Å². The van der Waals surface area contributed by atoms with Gasteiger partial charge in [-0.1, -0.05) is 52.0 Å². The van der Waals surface area contributed by atoms with Gasteiger partial charge in [0.1, 0.15) is 0 Å². The molecule has 2 aromatic carbocycles. The second kappa shape index (κ2) is 12.9. The first-order valence-electron chi connectivity index (χ1n) is 11.0. The fourth-order valence-corrected chi connectivity index (χ4v) is 3.01. The van der Waals surface area contributed by atoms with Crippen molar-refractivity contribution >= 4 is 23.2 Å². The Balaban J connectivity index is 1.78. The highest BCUT2D eigenvalue weighted by molar-refractivity contribution is 5.92. The highest BCUT2D eigenvalue weighted by atomic mass is 16.2. The van der Waals surface area contributed by atoms with Gasteiger partial charge < -0.3 is 21.3 Å². The Morgan fingerprint density at radius 3 is 1.32 bits per heavy atom. The number of nitrogens with one attached hydrogen (secondary N) is 4. The number of hydrogen-bond acceptors (Lipinski definition) is 4. The van der Waals surface area contributed by atoms with Crippen LogP contribution in [0.15, 0.2) is 48.5 Å². The highest BCUT2D eigenvalue weighted by Crippen LogP contribution is 2.16. The molecule has 0 atom stereocenters. The molecule has 0 bridgehead atoms. The third-order valence-corrected chi connectivity index (χ3v) is 4.56. The Morgan fingerprint density at radius 1 is 0.645 bits per heavy atom. The van der Waals surface area contributed by atoms with Crippen molar-refractivity contribution in [2.75, 3.05) is 36.8 Å². The molecule has 0 aliphatic heterocycles. The van der Waals surface area contributed by atoms with Gasteiger partial charge in [0.05, 0.1) is 13.1 Å². The van der Waals surface area contributed by atoms with Crippen LogP contribution in [-0.2, 0) is 16.0 Å². The van der Waals surface area contributed by atoms with Gasteiger partial charge in [0.15, 0.2) is 0 Å². The van der Waals surface area contributed by atoms with Crippen molar-refractivity contribution in [3.05, 3.63) is 59.7 Å². The Kier molecular flexibility index (Phi) is 10.2. The van der Waals surface area contributed by atoms with E-state index in [1.807, 2.05) is 48.5 Å². The van der Waals surface area contributed by atoms with Crippen LogP contribution in [-0.4, -0.2) is 38.0 Å². The van der Waals surface area contributed by atoms with Gasteiger partial charge in [-0.15, -0.1) is 0 Å². The van der Waals surface area contributed by atoms with E-state index in [4.69, 9.17) is 0 Å². The molecule has 2 rings (SSSR count). The van der Waals surface area contributed by atoms with Crippen molar-refractivity contribution in [1.82, 2.24) is 10.6 Å². The number of amides is 2. The maximum atomic E-state index is 12.0. The number of rotatable bonds is 12. The van der Waals surface area contributed by atoms with Crippen molar-refractivity contribution in [3.8, 4) is 0 Å². The minimum atomic E-state index is -0.0366. The molecule has 2 aromatic rings. The van der Waals surface area contributed by atoms with E-state index in [0.717, 1.165) is 42.0 Å². The number of carbonyl (C=O) groups is 2. The van der Waals surface area contributed by atoms with Crippen molar-refractivity contribution in [1.29, 1.82) is 0 Å². The minimum absolute atomic E-state index is 0.0366. The molecule has 6 heteroatoms. The van der Waals surface area contributed by atoms with E-state index in [1.54, 1.807) is 0 Å². The maximum Gasteiger partial charge on any atom is 0.238 e. The first kappa shape index (κ1) is 24.6. The number of anilines is 2. The fraction of sp³-hybridized carbons (Fsp3) is 0.440. The Bertz CT molecular complexity index is 745. The molecule has 0 saturated heterocycles. The molecule has 0 saturated carbocycles. The molecule has 168 valence electrons. The summed E-state index contributed by atoms with van der Waals surface area (Å²) in [5.74, 6) is 0.962. The zero-order valence-corrected chi connectivity index (χ0v) is 19.1. The number of benzene rings is 2. The molecule has 0 aliphatic rings. The standard InChI is InChI=1S/C25H36N4O2/c1-18(2)14-26-16-24(30)28-22-9-5-20(6-10-22)13-21-7-11-23(12-8-21)29-25(31)17-27-15-19(3)4/h5-12,18-19,26-27H,13-17H2,1-4H3,(H,28,30)(H,29,31). The van der Waals surface area contributed by atoms with E-state index in [-0.39, 0.29) is 11.8 Å². The monoisotopic (exact) mass is 424 g/mol. The molecule has 0 unspecified atom stereocenters. The van der Waals surface area contributed by atoms with E-state index in [1.165, 1.54) is 0 Å². The lowest BCUT2D eigenvalue weighted by atomic mass is 10.0. The summed E-state index contributed by atoms with van der Waals surface area (Å²) < 4.78 is 0. The van der Waals surface area contributed by atoms with Crippen LogP contribution in [0.2, 0.25) is 0 Å². The van der Waals surface area contributed by atoms with Crippen LogP contribution in [0.4, 0.5) is 11.4 Å². The van der Waals surface area contributed by atoms with Gasteiger partial charge in [-0.25, -0.2) is 0 Å². The molecule has 0 aromatic heterocycles. The average Bonchev–Trinajstić information content (AvgIpc) is 2.70. The summed E-state index contributed by atoms with van der Waals surface area (Å²) in [7, 11) is 0. The lowest BCUT2D eigenvalue weighted by molar-refractivity contribution is -0.116. The summed E-state index contributed by atoms with van der Waals surface area (Å²) in [5.41, 5.74) is 3.91. The molecule has 6 nitrogen and oxygen atoms in total. The van der Waals surface area contributed by atoms with Crippen molar-refractivity contribution in [3.63, 3.8) is 0 Å². The van der Waals surface area contributed by atoms with Gasteiger partial charge in [0.25, 0.3) is 0 Å². The Morgan fingerprint density at radius 2 is 1.00 bits per heavy atom. The SMILES string of the molecule is CC(C)CNCC(=O)Nc1ccc(Cc2ccc(NC(=O)CNCC(C)C)cc2)cc1. The maximum absolute atomic E-state index is 12.0. The van der Waals surface area contributed by atoms with Gasteiger partial charge in [0.2, 0.25) is 11.8 Å². The molecule has 0 aliphatic carbocycles. The predicted molar refractivity (Wildman–Crippen MR) is 128 cm³/mol. The molecule has 0 fully saturated rings. The second-order valence-electron chi connectivity index (χ2n) is 8.72. The van der Waals surface area contributed by atoms with Crippen LogP contribution >= 0.6 is 0 Å². The highest BCUT2D eigenvalue weighted by Gasteiger charge is 2.05. The topological polar surface area (TPSA) is 82.3 Å². The molecule has 0 heterocycles. The normalized spacial score (nSPS) is 11.0. The minimum Gasteiger partial charge on any atom is -0.325 e. The summed E-state index contributed by atoms with van der Waals surface area (Å²) in [4.78, 5) is 23.9. The lowest BCUT2D eigenvalue weighted by Gasteiger charge is -2.10. The molecule has 0 spiro atoms. The van der Waals surface area contributed by atoms with E-state index in [2.05, 4.69) is 49.0 Å². The quantitative estimate of drug-likeness (QED) is 0.419. The zero-order valence-electron chi connectivity index (χ0n) is 19.1. The van der Waals surface area contributed by atoms with E-state index in [0.29, 0.717) is 24.9 Å². The predicted octanol–water partition coefficient (Wildman–Crippen LogP) is 3.65. The second-order valence-corrected chi connectivity index (χ2v) is 8.72. The molecule has 2 amide bonds. The van der Waals surface area contributed by atoms with Gasteiger partial charge >= 0.3 is 0 Å². The van der Waals surface area contributed by atoms with Crippen LogP contribution < -0.4 is 21.3 Å². The van der Waals surface area contributed by atoms with Crippen LogP contribution in [0, 0.1) is 11.8 Å². The van der Waals surface area contributed by atoms with Crippen LogP contribution in [0.5, 0.6) is 0 Å². The molecular formula is C25H36N4O2. The van der Waals surface area contributed by atoms with Gasteiger partial charge in [-0.3, -0.25) is 9.59 Å². The third-order valence-electron chi connectivity index (χ3n) is 4.56. The molecule has 0 radical (unpaired) electrons. The van der Waals surface area contributed by atoms with Crippen LogP contribution in [0.25, 0.3) is 0 Å². The molecular weight excluding hydrogens is 388 g/mol. The summed E-state index contributed by atoms with van der Waals surface area (Å²) in [6.07, 6.45) is 0.786. The van der Waals surface area contributed by atoms with Gasteiger partial charge in [-0.05, 0) is 66.7 Å². The van der Waals surface area contributed by atoms with Gasteiger partial charge in [0, 0.05) is 11.4 Å². The van der Waals surface area contributed by atoms with E-state index in [9.17, 15) is 9.59 Å². The van der Waals surface area contributed by atoms with Crippen molar-refractivity contribution in [2.24, 2.45) is 11.8 Å². The van der Waals surface area contributed by atoms with Gasteiger partial charge in [-0.2, -0.15) is 0 Å². The number of hydrogen-bond donors (Lipinski definition) is 4. The molecule has 4 N–H and O–H groups in total. The Hall–Kier alpha value is -2.70. The smallest absolute Gasteiger partial charge is 0.238 e. The lowest BCUT2D eigenvalue weighted by Crippen LogP contribution is -2.30. The first-order chi connectivity index (χ1) is 14.8. The molecule has 31 heavy (non-hydrogen) atoms. The summed E-state index contributed by atoms with van der Waals surface area (Å²) in [6, 6.07) is 15.8. The van der Waals surface area contributed by atoms with Crippen LogP contribution in [0.3, 0.4) is 0 Å².